The summed E-state index contributed by atoms with van der Waals surface area (Å²) in [7, 11) is 0. The maximum absolute atomic E-state index is 12.6. The molecule has 0 radical (unpaired) electrons. The Bertz CT molecular complexity index is 974. The van der Waals surface area contributed by atoms with Crippen molar-refractivity contribution in [1.29, 1.82) is 0 Å². The number of carboxylic acids is 1. The minimum absolute atomic E-state index is 0.0507. The van der Waals surface area contributed by atoms with Crippen molar-refractivity contribution in [2.45, 2.75) is 31.2 Å². The van der Waals surface area contributed by atoms with E-state index in [4.69, 9.17) is 14.6 Å². The van der Waals surface area contributed by atoms with Gasteiger partial charge in [-0.1, -0.05) is 61.4 Å². The van der Waals surface area contributed by atoms with E-state index in [2.05, 4.69) is 34.9 Å². The van der Waals surface area contributed by atoms with E-state index >= 15 is 0 Å². The van der Waals surface area contributed by atoms with Gasteiger partial charge in [0.05, 0.1) is 6.61 Å². The first-order valence-electron chi connectivity index (χ1n) is 11.2. The second-order valence-corrected chi connectivity index (χ2v) is 8.44. The molecule has 2 aromatic carbocycles. The number of rotatable bonds is 11. The van der Waals surface area contributed by atoms with Gasteiger partial charge in [-0.15, -0.1) is 0 Å². The largest absolute Gasteiger partial charge is 0.480 e. The number of hydrogen-bond donors (Lipinski definition) is 3. The molecule has 1 saturated carbocycles. The lowest BCUT2D eigenvalue weighted by atomic mass is 9.98. The van der Waals surface area contributed by atoms with Crippen molar-refractivity contribution in [3.05, 3.63) is 59.7 Å². The lowest BCUT2D eigenvalue weighted by Gasteiger charge is -2.19. The number of aliphatic carboxylic acids is 1. The lowest BCUT2D eigenvalue weighted by Crippen LogP contribution is -2.48. The number of carbonyl (C=O) groups is 3. The van der Waals surface area contributed by atoms with Crippen molar-refractivity contribution in [3.8, 4) is 11.1 Å². The standard InChI is InChI=1S/C25H28N2O6/c28-23(29)15-32-12-11-26-24(30)22(13-16-9-10-16)27-25(31)33-14-21-19-7-3-1-5-17(19)18-6-2-4-8-20(18)21/h1-8,16,21-22H,9-15H2,(H,26,30)(H,27,31)(H,28,29)/t22-/m0/s1. The fourth-order valence-corrected chi connectivity index (χ4v) is 4.23. The second-order valence-electron chi connectivity index (χ2n) is 8.44. The van der Waals surface area contributed by atoms with Gasteiger partial charge < -0.3 is 25.2 Å². The topological polar surface area (TPSA) is 114 Å². The zero-order valence-corrected chi connectivity index (χ0v) is 18.3. The van der Waals surface area contributed by atoms with Crippen molar-refractivity contribution < 1.29 is 29.0 Å². The van der Waals surface area contributed by atoms with E-state index in [1.807, 2.05) is 24.3 Å². The van der Waals surface area contributed by atoms with Crippen LogP contribution < -0.4 is 10.6 Å². The van der Waals surface area contributed by atoms with Crippen LogP contribution in [-0.2, 0) is 19.1 Å². The third-order valence-electron chi connectivity index (χ3n) is 5.99. The average Bonchev–Trinajstić information content (AvgIpc) is 3.57. The van der Waals surface area contributed by atoms with E-state index in [0.29, 0.717) is 12.3 Å². The second kappa shape index (κ2) is 10.5. The van der Waals surface area contributed by atoms with Crippen molar-refractivity contribution in [2.75, 3.05) is 26.4 Å². The molecule has 174 valence electrons. The first kappa shape index (κ1) is 22.8. The summed E-state index contributed by atoms with van der Waals surface area (Å²) < 4.78 is 10.5. The first-order chi connectivity index (χ1) is 16.0. The van der Waals surface area contributed by atoms with Crippen LogP contribution >= 0.6 is 0 Å². The van der Waals surface area contributed by atoms with Gasteiger partial charge in [-0.25, -0.2) is 9.59 Å². The molecule has 1 fully saturated rings. The molecule has 0 unspecified atom stereocenters. The third-order valence-corrected chi connectivity index (χ3v) is 5.99. The average molecular weight is 453 g/mol. The number of benzene rings is 2. The van der Waals surface area contributed by atoms with Crippen LogP contribution in [0.4, 0.5) is 4.79 Å². The molecule has 3 N–H and O–H groups in total. The molecule has 0 aromatic heterocycles. The summed E-state index contributed by atoms with van der Waals surface area (Å²) in [6.45, 7) is 0.0127. The van der Waals surface area contributed by atoms with E-state index in [1.165, 1.54) is 0 Å². The molecule has 0 saturated heterocycles. The van der Waals surface area contributed by atoms with Gasteiger partial charge in [0.15, 0.2) is 0 Å². The Morgan fingerprint density at radius 2 is 1.64 bits per heavy atom. The number of fused-ring (bicyclic) bond motifs is 3. The maximum atomic E-state index is 12.6. The highest BCUT2D eigenvalue weighted by Crippen LogP contribution is 2.44. The molecule has 0 spiro atoms. The van der Waals surface area contributed by atoms with Gasteiger partial charge in [-0.2, -0.15) is 0 Å². The zero-order chi connectivity index (χ0) is 23.2. The lowest BCUT2D eigenvalue weighted by molar-refractivity contribution is -0.142. The van der Waals surface area contributed by atoms with Crippen molar-refractivity contribution in [1.82, 2.24) is 10.6 Å². The van der Waals surface area contributed by atoms with E-state index in [0.717, 1.165) is 35.1 Å². The molecule has 0 bridgehead atoms. The summed E-state index contributed by atoms with van der Waals surface area (Å²) in [5.41, 5.74) is 4.55. The van der Waals surface area contributed by atoms with E-state index in [1.54, 1.807) is 0 Å². The summed E-state index contributed by atoms with van der Waals surface area (Å²) in [6, 6.07) is 15.5. The first-order valence-corrected chi connectivity index (χ1v) is 11.2. The molecule has 2 aromatic rings. The van der Waals surface area contributed by atoms with Gasteiger partial charge in [0.2, 0.25) is 5.91 Å². The molecule has 8 nitrogen and oxygen atoms in total. The van der Waals surface area contributed by atoms with Crippen molar-refractivity contribution in [2.24, 2.45) is 5.92 Å². The minimum atomic E-state index is -1.06. The van der Waals surface area contributed by atoms with Crippen LogP contribution in [-0.4, -0.2) is 55.5 Å². The molecule has 2 aliphatic carbocycles. The number of carbonyl (C=O) groups excluding carboxylic acids is 2. The van der Waals surface area contributed by atoms with E-state index in [9.17, 15) is 14.4 Å². The van der Waals surface area contributed by atoms with E-state index in [-0.39, 0.29) is 31.6 Å². The highest BCUT2D eigenvalue weighted by Gasteiger charge is 2.32. The Morgan fingerprint density at radius 3 is 2.24 bits per heavy atom. The Labute approximate surface area is 192 Å². The fraction of sp³-hybridized carbons (Fsp3) is 0.400. The van der Waals surface area contributed by atoms with Crippen LogP contribution in [0.5, 0.6) is 0 Å². The maximum Gasteiger partial charge on any atom is 0.407 e. The van der Waals surface area contributed by atoms with Gasteiger partial charge in [0.1, 0.15) is 19.3 Å². The number of ether oxygens (including phenoxy) is 2. The molecule has 0 heterocycles. The van der Waals surface area contributed by atoms with Gasteiger partial charge in [-0.05, 0) is 34.6 Å². The molecular weight excluding hydrogens is 424 g/mol. The Balaban J connectivity index is 1.31. The summed E-state index contributed by atoms with van der Waals surface area (Å²) in [5.74, 6) is -1.03. The molecule has 2 amide bonds. The van der Waals surface area contributed by atoms with Crippen molar-refractivity contribution >= 4 is 18.0 Å². The van der Waals surface area contributed by atoms with Crippen LogP contribution in [0.25, 0.3) is 11.1 Å². The number of alkyl carbamates (subject to hydrolysis) is 1. The van der Waals surface area contributed by atoms with Gasteiger partial charge in [0, 0.05) is 12.5 Å². The molecule has 1 atom stereocenters. The predicted molar refractivity (Wildman–Crippen MR) is 121 cm³/mol. The summed E-state index contributed by atoms with van der Waals surface area (Å²) in [6.07, 6.45) is 2.00. The predicted octanol–water partition coefficient (Wildman–Crippen LogP) is 2.91. The molecule has 4 rings (SSSR count). The number of amides is 2. The van der Waals surface area contributed by atoms with Gasteiger partial charge >= 0.3 is 12.1 Å². The van der Waals surface area contributed by atoms with Crippen LogP contribution in [0.15, 0.2) is 48.5 Å². The highest BCUT2D eigenvalue weighted by atomic mass is 16.5. The minimum Gasteiger partial charge on any atom is -0.480 e. The molecule has 8 heteroatoms. The number of nitrogens with one attached hydrogen (secondary N) is 2. The van der Waals surface area contributed by atoms with Gasteiger partial charge in [0.25, 0.3) is 0 Å². The van der Waals surface area contributed by atoms with E-state index < -0.39 is 24.7 Å². The van der Waals surface area contributed by atoms with Crippen LogP contribution in [0.1, 0.15) is 36.3 Å². The Hall–Kier alpha value is -3.39. The third kappa shape index (κ3) is 5.90. The zero-order valence-electron chi connectivity index (χ0n) is 18.3. The molecular formula is C25H28N2O6. The number of carboxylic acid groups (broad SMARTS) is 1. The molecule has 0 aliphatic heterocycles. The van der Waals surface area contributed by atoms with Crippen LogP contribution in [0, 0.1) is 5.92 Å². The highest BCUT2D eigenvalue weighted by molar-refractivity contribution is 5.85. The summed E-state index contributed by atoms with van der Waals surface area (Å²) in [4.78, 5) is 35.6. The Kier molecular flexibility index (Phi) is 7.24. The van der Waals surface area contributed by atoms with Gasteiger partial charge in [-0.3, -0.25) is 4.79 Å². The van der Waals surface area contributed by atoms with Crippen molar-refractivity contribution in [3.63, 3.8) is 0 Å². The summed E-state index contributed by atoms with van der Waals surface area (Å²) in [5, 5.41) is 14.0. The normalized spacial score (nSPS) is 15.3. The Morgan fingerprint density at radius 1 is 1.00 bits per heavy atom. The van der Waals surface area contributed by atoms with Crippen LogP contribution in [0.2, 0.25) is 0 Å². The smallest absolute Gasteiger partial charge is 0.407 e. The quantitative estimate of drug-likeness (QED) is 0.452. The SMILES string of the molecule is O=C(O)COCCNC(=O)[C@H](CC1CC1)NC(=O)OCC1c2ccccc2-c2ccccc21. The summed E-state index contributed by atoms with van der Waals surface area (Å²) >= 11 is 0. The molecule has 2 aliphatic rings. The fourth-order valence-electron chi connectivity index (χ4n) is 4.23. The monoisotopic (exact) mass is 452 g/mol. The molecule has 33 heavy (non-hydrogen) atoms. The van der Waals surface area contributed by atoms with Crippen LogP contribution in [0.3, 0.4) is 0 Å². The number of hydrogen-bond acceptors (Lipinski definition) is 5.